The van der Waals surface area contributed by atoms with Gasteiger partial charge in [-0.2, -0.15) is 26.3 Å². The number of aromatic nitrogens is 2. The molecule has 1 aliphatic heterocycles. The molecule has 6 rings (SSSR count). The van der Waals surface area contributed by atoms with Crippen molar-refractivity contribution in [1.29, 1.82) is 0 Å². The van der Waals surface area contributed by atoms with Crippen LogP contribution >= 0.6 is 0 Å². The number of anilines is 1. The second kappa shape index (κ2) is 12.2. The summed E-state index contributed by atoms with van der Waals surface area (Å²) in [5, 5.41) is 9.41. The highest BCUT2D eigenvalue weighted by atomic mass is 19.4. The molecule has 1 N–H and O–H groups in total. The van der Waals surface area contributed by atoms with Gasteiger partial charge in [-0.1, -0.05) is 12.1 Å². The van der Waals surface area contributed by atoms with Crippen molar-refractivity contribution in [1.82, 2.24) is 14.9 Å². The Morgan fingerprint density at radius 1 is 0.980 bits per heavy atom. The van der Waals surface area contributed by atoms with Crippen molar-refractivity contribution in [2.45, 2.75) is 50.3 Å². The van der Waals surface area contributed by atoms with Gasteiger partial charge in [0.1, 0.15) is 5.75 Å². The molecular weight excluding hydrogens is 670 g/mol. The molecule has 0 bridgehead atoms. The lowest BCUT2D eigenvalue weighted by molar-refractivity contribution is -0.143. The maximum atomic E-state index is 13.7. The molecule has 1 saturated heterocycles. The van der Waals surface area contributed by atoms with Crippen molar-refractivity contribution in [2.24, 2.45) is 0 Å². The van der Waals surface area contributed by atoms with Gasteiger partial charge in [-0.15, -0.1) is 0 Å². The zero-order chi connectivity index (χ0) is 36.3. The molecule has 262 valence electrons. The van der Waals surface area contributed by atoms with Crippen LogP contribution in [-0.4, -0.2) is 58.8 Å². The van der Waals surface area contributed by atoms with Crippen molar-refractivity contribution < 1.29 is 50.5 Å². The summed E-state index contributed by atoms with van der Waals surface area (Å²) in [6.07, 6.45) is -10.4. The topological polar surface area (TPSA) is 105 Å². The third-order valence-corrected chi connectivity index (χ3v) is 8.98. The SMILES string of the molecule is COc1ccc(-c2ccc(C(=O)O)cc2C)cc1-c1cnc(N(C)C)nc1CN1C(=O)O[C@@H](c2cc(C(F)(F)F)cc(C(F)(F)F)c2)C12CC2. The smallest absolute Gasteiger partial charge is 0.416 e. The molecule has 2 aliphatic rings. The lowest BCUT2D eigenvalue weighted by Gasteiger charge is -2.26. The summed E-state index contributed by atoms with van der Waals surface area (Å²) in [5.41, 5.74) is -1.05. The van der Waals surface area contributed by atoms with Crippen LogP contribution in [0.1, 0.15) is 57.3 Å². The Labute approximate surface area is 282 Å². The first-order chi connectivity index (χ1) is 23.4. The Morgan fingerprint density at radius 3 is 2.18 bits per heavy atom. The fraction of sp³-hybridized carbons (Fsp3) is 0.314. The highest BCUT2D eigenvalue weighted by Crippen LogP contribution is 2.58. The molecule has 50 heavy (non-hydrogen) atoms. The first-order valence-electron chi connectivity index (χ1n) is 15.3. The van der Waals surface area contributed by atoms with Gasteiger partial charge in [-0.25, -0.2) is 19.6 Å². The summed E-state index contributed by atoms with van der Waals surface area (Å²) in [6, 6.07) is 11.3. The number of ether oxygens (including phenoxy) is 2. The van der Waals surface area contributed by atoms with E-state index < -0.39 is 52.7 Å². The maximum Gasteiger partial charge on any atom is 0.416 e. The monoisotopic (exact) mass is 700 g/mol. The normalized spacial score (nSPS) is 16.8. The molecule has 2 fully saturated rings. The van der Waals surface area contributed by atoms with Gasteiger partial charge in [0, 0.05) is 31.4 Å². The van der Waals surface area contributed by atoms with Crippen LogP contribution in [0.15, 0.2) is 60.8 Å². The van der Waals surface area contributed by atoms with Gasteiger partial charge in [0.25, 0.3) is 0 Å². The molecule has 0 unspecified atom stereocenters. The summed E-state index contributed by atoms with van der Waals surface area (Å²) >= 11 is 0. The van der Waals surface area contributed by atoms with E-state index in [-0.39, 0.29) is 37.0 Å². The van der Waals surface area contributed by atoms with E-state index in [1.54, 1.807) is 62.4 Å². The van der Waals surface area contributed by atoms with Crippen LogP contribution in [0, 0.1) is 6.92 Å². The number of methoxy groups -OCH3 is 1. The summed E-state index contributed by atoms with van der Waals surface area (Å²) in [5.74, 6) is -0.369. The minimum Gasteiger partial charge on any atom is -0.496 e. The van der Waals surface area contributed by atoms with Gasteiger partial charge in [0.05, 0.1) is 41.6 Å². The van der Waals surface area contributed by atoms with E-state index in [0.717, 1.165) is 5.56 Å². The van der Waals surface area contributed by atoms with Crippen molar-refractivity contribution >= 4 is 18.0 Å². The Bertz CT molecular complexity index is 1980. The van der Waals surface area contributed by atoms with Gasteiger partial charge in [0.2, 0.25) is 5.95 Å². The average molecular weight is 701 g/mol. The molecular formula is C35H30F6N4O5. The predicted octanol–water partition coefficient (Wildman–Crippen LogP) is 8.16. The van der Waals surface area contributed by atoms with Gasteiger partial charge in [-0.3, -0.25) is 4.90 Å². The molecule has 1 saturated carbocycles. The first kappa shape index (κ1) is 34.5. The highest BCUT2D eigenvalue weighted by Gasteiger charge is 2.63. The Hall–Kier alpha value is -5.34. The molecule has 1 amide bonds. The number of aryl methyl sites for hydroxylation is 1. The second-order valence-electron chi connectivity index (χ2n) is 12.5. The highest BCUT2D eigenvalue weighted by molar-refractivity contribution is 5.89. The fourth-order valence-electron chi connectivity index (χ4n) is 6.31. The van der Waals surface area contributed by atoms with Crippen LogP contribution in [0.4, 0.5) is 37.1 Å². The molecule has 4 aromatic rings. The van der Waals surface area contributed by atoms with Crippen LogP contribution < -0.4 is 9.64 Å². The lowest BCUT2D eigenvalue weighted by atomic mass is 9.93. The number of amides is 1. The Balaban J connectivity index is 1.43. The van der Waals surface area contributed by atoms with Crippen LogP contribution in [0.25, 0.3) is 22.3 Å². The zero-order valence-electron chi connectivity index (χ0n) is 27.1. The summed E-state index contributed by atoms with van der Waals surface area (Å²) in [6.45, 7) is 1.57. The van der Waals surface area contributed by atoms with E-state index in [2.05, 4.69) is 4.98 Å². The second-order valence-corrected chi connectivity index (χ2v) is 12.5. The van der Waals surface area contributed by atoms with Crippen LogP contribution in [0.3, 0.4) is 0 Å². The number of nitrogens with zero attached hydrogens (tertiary/aromatic N) is 4. The minimum absolute atomic E-state index is 0.0388. The third-order valence-electron chi connectivity index (χ3n) is 8.98. The Kier molecular flexibility index (Phi) is 8.43. The number of hydrogen-bond acceptors (Lipinski definition) is 7. The quantitative estimate of drug-likeness (QED) is 0.184. The van der Waals surface area contributed by atoms with E-state index in [9.17, 15) is 41.0 Å². The molecule has 0 radical (unpaired) electrons. The van der Waals surface area contributed by atoms with Crippen molar-refractivity contribution in [2.75, 3.05) is 26.1 Å². The molecule has 2 heterocycles. The van der Waals surface area contributed by atoms with Gasteiger partial charge < -0.3 is 19.5 Å². The van der Waals surface area contributed by atoms with E-state index >= 15 is 0 Å². The molecule has 1 aliphatic carbocycles. The number of carbonyl (C=O) groups excluding carboxylic acids is 1. The van der Waals surface area contributed by atoms with Gasteiger partial charge >= 0.3 is 24.4 Å². The number of hydrogen-bond donors (Lipinski definition) is 1. The number of carbonyl (C=O) groups is 2. The molecule has 1 aromatic heterocycles. The molecule has 1 atom stereocenters. The lowest BCUT2D eigenvalue weighted by Crippen LogP contribution is -2.36. The van der Waals surface area contributed by atoms with E-state index in [1.165, 1.54) is 18.1 Å². The number of rotatable bonds is 8. The minimum atomic E-state index is -5.07. The van der Waals surface area contributed by atoms with E-state index in [4.69, 9.17) is 14.5 Å². The van der Waals surface area contributed by atoms with Crippen molar-refractivity contribution in [3.05, 3.63) is 94.3 Å². The third kappa shape index (κ3) is 6.27. The number of carboxylic acids is 1. The van der Waals surface area contributed by atoms with Gasteiger partial charge in [0.15, 0.2) is 6.10 Å². The van der Waals surface area contributed by atoms with Crippen LogP contribution in [0.5, 0.6) is 5.75 Å². The summed E-state index contributed by atoms with van der Waals surface area (Å²) in [7, 11) is 4.88. The fourth-order valence-corrected chi connectivity index (χ4v) is 6.31. The number of halogens is 6. The van der Waals surface area contributed by atoms with Crippen molar-refractivity contribution in [3.63, 3.8) is 0 Å². The first-order valence-corrected chi connectivity index (χ1v) is 15.3. The summed E-state index contributed by atoms with van der Waals surface area (Å²) < 4.78 is 93.5. The van der Waals surface area contributed by atoms with Crippen LogP contribution in [0.2, 0.25) is 0 Å². The van der Waals surface area contributed by atoms with E-state index in [0.29, 0.717) is 45.8 Å². The van der Waals surface area contributed by atoms with Gasteiger partial charge in [-0.05, 0) is 84.5 Å². The molecule has 3 aromatic carbocycles. The van der Waals surface area contributed by atoms with E-state index in [1.807, 2.05) is 0 Å². The molecule has 1 spiro atoms. The number of benzene rings is 3. The zero-order valence-corrected chi connectivity index (χ0v) is 27.1. The number of aromatic carboxylic acids is 1. The largest absolute Gasteiger partial charge is 0.496 e. The maximum absolute atomic E-state index is 13.7. The average Bonchev–Trinajstić information content (AvgIpc) is 3.80. The Morgan fingerprint density at radius 2 is 1.64 bits per heavy atom. The molecule has 15 heteroatoms. The van der Waals surface area contributed by atoms with Crippen molar-refractivity contribution in [3.8, 4) is 28.0 Å². The van der Waals surface area contributed by atoms with Crippen LogP contribution in [-0.2, 0) is 23.6 Å². The predicted molar refractivity (Wildman–Crippen MR) is 169 cm³/mol. The molecule has 9 nitrogen and oxygen atoms in total. The standard InChI is InChI=1S/C35H30F6N4O5/c1-18-11-20(30(46)47)5-7-24(18)19-6-8-28(49-4)25(14-19)26-16-42-31(44(2)3)43-27(26)17-45-32(48)50-29(33(45)9-10-33)21-12-22(34(36,37)38)15-23(13-21)35(39,40)41/h5-8,11-16,29H,9-10,17H2,1-4H3,(H,46,47)/t29-/m0/s1. The number of carboxylic acid groups (broad SMARTS) is 1. The number of cyclic esters (lactones) is 1. The number of alkyl halides is 6. The summed E-state index contributed by atoms with van der Waals surface area (Å²) in [4.78, 5) is 37.1.